The van der Waals surface area contributed by atoms with Crippen molar-refractivity contribution in [2.45, 2.75) is 181 Å². The molecule has 0 unspecified atom stereocenters. The normalized spacial score (nSPS) is 11.3. The van der Waals surface area contributed by atoms with Gasteiger partial charge in [0.25, 0.3) is 10.0 Å². The number of esters is 2. The molecule has 0 fully saturated rings. The minimum Gasteiger partial charge on any atom is -0.465 e. The molecule has 0 N–H and O–H groups in total. The number of methoxy groups -OCH3 is 2. The van der Waals surface area contributed by atoms with Gasteiger partial charge in [-0.05, 0) is 148 Å². The standard InChI is InChI=1S/C37H29N5O4S2.C29H24N3O4S.2C8H5BrN2S.C5H3BrIN.6C4H9.C3H2NS.2Sn/c1-46-37(43)31-23-40-35(41(24-26-11-5-2-6-12-26)25-27-13-7-3-8-14-27)34-30(31)22-33(42(34)48(44,45)29-15-9-4-10-16-29)32-21-28(17-18-38-32)36-39-19-20-47-36;1-36-29(33)26-19-30-28(27-25(26)17-18-32(27)37(34,35)24-15-9-4-10-16-24)31(20-22-11-5-2-6-12-22)21-23-13-7-3-8-14-23;2*9-7-5-6(1-2-10-7)8-11-3-4-12-8;6-5-3-4(7)1-2-8-5;6*1-3-4-2;1-2-5-3-4-1;;/h2-23H,24-25H2,1H3;2-17,19H,20-21H2,1H3;2*1-5H;1-3H;6*1,3-4H2,2H3;1-2H;;. The molecular weight excluding hydrogens is 2490 g/mol. The van der Waals surface area contributed by atoms with Crippen molar-refractivity contribution in [2.75, 3.05) is 24.0 Å². The smallest absolute Gasteiger partial charge is 0.340 e. The molecule has 0 aliphatic rings. The first kappa shape index (κ1) is 115. The van der Waals surface area contributed by atoms with E-state index in [2.05, 4.69) is 187 Å². The summed E-state index contributed by atoms with van der Waals surface area (Å²) in [5, 5.41) is 11.8. The number of unbranched alkanes of at least 4 members (excludes halogenated alkanes) is 6. The number of hydrogen-bond donors (Lipinski definition) is 0. The summed E-state index contributed by atoms with van der Waals surface area (Å²) in [7, 11) is -5.73. The molecule has 12 heterocycles. The van der Waals surface area contributed by atoms with Gasteiger partial charge in [0.15, 0.2) is 5.82 Å². The molecule has 0 saturated carbocycles. The van der Waals surface area contributed by atoms with Crippen LogP contribution in [0.25, 0.3) is 64.9 Å². The number of thiazole rings is 4. The number of halogens is 4. The van der Waals surface area contributed by atoms with Gasteiger partial charge >= 0.3 is 432 Å². The van der Waals surface area contributed by atoms with Crippen molar-refractivity contribution < 1.29 is 35.9 Å². The number of rotatable bonds is 40. The number of fused-ring (bicyclic) bond motifs is 2. The van der Waals surface area contributed by atoms with Gasteiger partial charge in [0.05, 0.1) is 29.0 Å². The van der Waals surface area contributed by atoms with Crippen molar-refractivity contribution in [3.63, 3.8) is 0 Å². The molecule has 0 aliphatic carbocycles. The molecule has 0 amide bonds. The summed E-state index contributed by atoms with van der Waals surface area (Å²) >= 11 is 13.1. The Bertz CT molecular complexity index is 7180. The Morgan fingerprint density at radius 3 is 1.01 bits per heavy atom. The Hall–Kier alpha value is -9.97. The Morgan fingerprint density at radius 2 is 0.682 bits per heavy atom. The molecule has 768 valence electrons. The number of ether oxygens (including phenoxy) is 2. The van der Waals surface area contributed by atoms with Gasteiger partial charge in [-0.2, -0.15) is 0 Å². The molecule has 18 aromatic rings. The van der Waals surface area contributed by atoms with Crippen LogP contribution >= 0.6 is 116 Å². The first-order chi connectivity index (χ1) is 72.0. The van der Waals surface area contributed by atoms with Crippen molar-refractivity contribution >= 4 is 225 Å². The zero-order chi connectivity index (χ0) is 105. The maximum atomic E-state index is 15.3. The fourth-order valence-corrected chi connectivity index (χ4v) is 62.1. The first-order valence-corrected chi connectivity index (χ1v) is 74.4. The molecular formula is C114H122Br3IN14O8S6Sn2. The zero-order valence-corrected chi connectivity index (χ0v) is 102. The Balaban J connectivity index is 0.000000169. The van der Waals surface area contributed by atoms with Crippen LogP contribution in [0.3, 0.4) is 0 Å². The fraction of sp³-hybridized carbons (Fsp3) is 0.263. The van der Waals surface area contributed by atoms with Crippen LogP contribution in [0.15, 0.2) is 350 Å². The van der Waals surface area contributed by atoms with Crippen LogP contribution in [0.2, 0.25) is 26.6 Å². The third-order valence-corrected chi connectivity index (χ3v) is 67.5. The minimum absolute atomic E-state index is 0.0758. The minimum atomic E-state index is -4.27. The molecule has 0 saturated heterocycles. The monoisotopic (exact) mass is 2610 g/mol. The predicted octanol–water partition coefficient (Wildman–Crippen LogP) is 30.4. The van der Waals surface area contributed by atoms with E-state index in [1.165, 1.54) is 77.8 Å². The Labute approximate surface area is 933 Å². The number of carbonyl (C=O) groups excluding carboxylic acids is 2. The third kappa shape index (κ3) is 31.2. The predicted molar refractivity (Wildman–Crippen MR) is 632 cm³/mol. The molecule has 22 nitrogen and oxygen atoms in total. The van der Waals surface area contributed by atoms with Crippen molar-refractivity contribution in [3.05, 3.63) is 377 Å². The van der Waals surface area contributed by atoms with E-state index >= 15 is 8.42 Å². The second-order valence-corrected chi connectivity index (χ2v) is 73.2. The summed E-state index contributed by atoms with van der Waals surface area (Å²) in [6.07, 6.45) is 32.0. The number of nitrogens with zero attached hydrogens (tertiary/aromatic N) is 14. The fourth-order valence-electron chi connectivity index (χ4n) is 17.7. The molecule has 148 heavy (non-hydrogen) atoms. The van der Waals surface area contributed by atoms with E-state index in [-0.39, 0.29) is 32.1 Å². The molecule has 18 rings (SSSR count). The van der Waals surface area contributed by atoms with Crippen molar-refractivity contribution in [1.82, 2.24) is 57.8 Å². The van der Waals surface area contributed by atoms with E-state index in [1.54, 1.807) is 159 Å². The van der Waals surface area contributed by atoms with Crippen LogP contribution in [0.5, 0.6) is 0 Å². The molecule has 0 aliphatic heterocycles. The van der Waals surface area contributed by atoms with Gasteiger partial charge in [0.1, 0.15) is 34.3 Å². The van der Waals surface area contributed by atoms with Crippen LogP contribution < -0.4 is 16.5 Å². The molecule has 0 spiro atoms. The quantitative estimate of drug-likeness (QED) is 0.0149. The summed E-state index contributed by atoms with van der Waals surface area (Å²) in [6, 6.07) is 76.2. The van der Waals surface area contributed by atoms with E-state index in [0.29, 0.717) is 59.8 Å². The van der Waals surface area contributed by atoms with Crippen LogP contribution in [-0.4, -0.2) is 138 Å². The Kier molecular flexibility index (Phi) is 45.6. The number of aromatic nitrogens is 12. The van der Waals surface area contributed by atoms with Gasteiger partial charge in [-0.25, -0.2) is 52.1 Å². The van der Waals surface area contributed by atoms with Gasteiger partial charge in [-0.1, -0.05) is 78.9 Å². The SMILES string of the molecule is Brc1cc(-c2nccs2)ccn1.Brc1cc(-c2nccs2)ccn1.Brc1cc(I)ccn1.CCC[CH2][Sn]([CH2]CCC)([CH2]CCC)[c]1cc2c(C(=O)OC)cnc(N(Cc3ccccc3)Cc3ccccc3)c2n1S(=O)(=O)c1ccccc1.CCC[CH2][Sn]([CH2]CCC)([CH2]CCC)[c]1nccs1.COC(=O)c1cnc(N(Cc2ccccc2)Cc2ccccc2)c2c1cc(-c1cc(-c3nccs3)ccn1)n2S(=O)(=O)c1ccccc1. The summed E-state index contributed by atoms with van der Waals surface area (Å²) in [5.74, 6) is -0.244. The number of carbonyl (C=O) groups is 2. The summed E-state index contributed by atoms with van der Waals surface area (Å²) in [4.78, 5) is 75.2. The summed E-state index contributed by atoms with van der Waals surface area (Å²) < 4.78 is 87.7. The average molecular weight is 2610 g/mol. The van der Waals surface area contributed by atoms with E-state index in [4.69, 9.17) is 24.4 Å². The second-order valence-electron chi connectivity index (χ2n) is 35.4. The van der Waals surface area contributed by atoms with Crippen LogP contribution in [0.1, 0.15) is 162 Å². The average Bonchev–Trinajstić information content (AvgIpc) is 1.56. The molecule has 0 atom stereocenters. The Morgan fingerprint density at radius 1 is 0.358 bits per heavy atom. The van der Waals surface area contributed by atoms with E-state index < -0.39 is 68.7 Å². The van der Waals surface area contributed by atoms with Crippen LogP contribution in [0, 0.1) is 3.57 Å². The molecule has 0 bridgehead atoms. The number of pyridine rings is 6. The van der Waals surface area contributed by atoms with Gasteiger partial charge in [-0.3, -0.25) is 4.98 Å². The van der Waals surface area contributed by atoms with E-state index in [1.807, 2.05) is 184 Å². The van der Waals surface area contributed by atoms with E-state index in [9.17, 15) is 18.0 Å². The van der Waals surface area contributed by atoms with Gasteiger partial charge in [-0.15, -0.1) is 34.0 Å². The maximum absolute atomic E-state index is 15.3. The first-order valence-electron chi connectivity index (χ1n) is 49.6. The molecule has 34 heteroatoms. The zero-order valence-electron chi connectivity index (χ0n) is 84.2. The second kappa shape index (κ2) is 58.6. The maximum Gasteiger partial charge on any atom is 0.340 e. The summed E-state index contributed by atoms with van der Waals surface area (Å²) in [6.45, 7) is 15.5. The molecule has 0 radical (unpaired) electrons. The van der Waals surface area contributed by atoms with Crippen molar-refractivity contribution in [3.8, 4) is 43.1 Å². The van der Waals surface area contributed by atoms with Crippen molar-refractivity contribution in [1.29, 1.82) is 0 Å². The topological polar surface area (TPSA) is 266 Å². The number of anilines is 2. The number of hydrogen-bond acceptors (Lipinski definition) is 24. The third-order valence-electron chi connectivity index (χ3n) is 25.1. The van der Waals surface area contributed by atoms with Gasteiger partial charge in [0.2, 0.25) is 0 Å². The van der Waals surface area contributed by atoms with Crippen LogP contribution in [-0.2, 0) is 55.7 Å². The largest absolute Gasteiger partial charge is 0.465 e. The number of benzene rings is 6. The van der Waals surface area contributed by atoms with E-state index in [0.717, 1.165) is 123 Å². The van der Waals surface area contributed by atoms with Gasteiger partial charge in [0, 0.05) is 104 Å². The van der Waals surface area contributed by atoms with Crippen molar-refractivity contribution in [2.24, 2.45) is 0 Å². The summed E-state index contributed by atoms with van der Waals surface area (Å²) in [5.41, 5.74) is 8.92. The molecule has 6 aromatic carbocycles. The van der Waals surface area contributed by atoms with Gasteiger partial charge < -0.3 is 9.64 Å². The molecule has 12 aromatic heterocycles. The van der Waals surface area contributed by atoms with Crippen LogP contribution in [0.4, 0.5) is 11.6 Å².